The van der Waals surface area contributed by atoms with E-state index >= 15 is 0 Å². The van der Waals surface area contributed by atoms with E-state index in [4.69, 9.17) is 0 Å². The number of carbonyl (C=O) groups excluding carboxylic acids is 1. The predicted octanol–water partition coefficient (Wildman–Crippen LogP) is 1.09. The normalized spacial score (nSPS) is 10.1. The molecule has 0 radical (unpaired) electrons. The van der Waals surface area contributed by atoms with Crippen LogP contribution in [0.3, 0.4) is 0 Å². The Labute approximate surface area is 98.5 Å². The number of phenolic OH excluding ortho intramolecular Hbond substituents is 1. The van der Waals surface area contributed by atoms with Crippen LogP contribution in [0.15, 0.2) is 36.8 Å². The number of carbonyl (C=O) groups is 1. The smallest absolute Gasteiger partial charge is 0.255 e. The lowest BCUT2D eigenvalue weighted by atomic mass is 10.2. The van der Waals surface area contributed by atoms with Gasteiger partial charge in [0.15, 0.2) is 0 Å². The molecule has 0 saturated heterocycles. The van der Waals surface area contributed by atoms with Crippen molar-refractivity contribution in [2.45, 2.75) is 6.42 Å². The standard InChI is InChI=1S/C12H13N3O2/c16-11-4-2-1-3-10(11)12(17)14-6-5-9-7-13-8-15-9/h1-4,7-8,16H,5-6H2,(H,13,15)(H,14,17). The molecule has 1 aromatic carbocycles. The van der Waals surface area contributed by atoms with Crippen molar-refractivity contribution in [1.82, 2.24) is 15.3 Å². The molecule has 2 aromatic rings. The molecule has 0 unspecified atom stereocenters. The van der Waals surface area contributed by atoms with E-state index < -0.39 is 0 Å². The summed E-state index contributed by atoms with van der Waals surface area (Å²) < 4.78 is 0. The van der Waals surface area contributed by atoms with Crippen molar-refractivity contribution in [3.63, 3.8) is 0 Å². The van der Waals surface area contributed by atoms with Crippen LogP contribution >= 0.6 is 0 Å². The van der Waals surface area contributed by atoms with Gasteiger partial charge in [-0.3, -0.25) is 4.79 Å². The van der Waals surface area contributed by atoms with Gasteiger partial charge in [-0.2, -0.15) is 0 Å². The molecule has 0 aliphatic heterocycles. The maximum Gasteiger partial charge on any atom is 0.255 e. The van der Waals surface area contributed by atoms with E-state index in [1.165, 1.54) is 6.07 Å². The summed E-state index contributed by atoms with van der Waals surface area (Å²) >= 11 is 0. The molecular formula is C12H13N3O2. The van der Waals surface area contributed by atoms with Crippen LogP contribution in [0, 0.1) is 0 Å². The molecule has 1 amide bonds. The molecule has 0 aliphatic rings. The molecule has 5 heteroatoms. The number of amides is 1. The second kappa shape index (κ2) is 5.16. The molecule has 0 saturated carbocycles. The van der Waals surface area contributed by atoms with Gasteiger partial charge < -0.3 is 15.4 Å². The number of aromatic amines is 1. The molecule has 5 nitrogen and oxygen atoms in total. The van der Waals surface area contributed by atoms with Gasteiger partial charge in [-0.05, 0) is 12.1 Å². The lowest BCUT2D eigenvalue weighted by Gasteiger charge is -2.05. The Morgan fingerprint density at radius 3 is 2.94 bits per heavy atom. The number of hydrogen-bond donors (Lipinski definition) is 3. The molecule has 88 valence electrons. The summed E-state index contributed by atoms with van der Waals surface area (Å²) in [6.45, 7) is 0.495. The minimum atomic E-state index is -0.275. The van der Waals surface area contributed by atoms with E-state index in [1.54, 1.807) is 30.7 Å². The van der Waals surface area contributed by atoms with Crippen LogP contribution in [0.1, 0.15) is 16.1 Å². The minimum absolute atomic E-state index is 0.00783. The van der Waals surface area contributed by atoms with Gasteiger partial charge in [-0.15, -0.1) is 0 Å². The summed E-state index contributed by atoms with van der Waals surface area (Å²) in [6, 6.07) is 6.46. The summed E-state index contributed by atoms with van der Waals surface area (Å²) in [7, 11) is 0. The fourth-order valence-corrected chi connectivity index (χ4v) is 1.49. The highest BCUT2D eigenvalue weighted by Gasteiger charge is 2.08. The van der Waals surface area contributed by atoms with Gasteiger partial charge in [0, 0.05) is 24.9 Å². The van der Waals surface area contributed by atoms with Gasteiger partial charge in [-0.1, -0.05) is 12.1 Å². The molecule has 2 rings (SSSR count). The van der Waals surface area contributed by atoms with Crippen LogP contribution in [0.5, 0.6) is 5.75 Å². The summed E-state index contributed by atoms with van der Waals surface area (Å²) in [5.74, 6) is -0.283. The van der Waals surface area contributed by atoms with E-state index in [0.717, 1.165) is 5.69 Å². The quantitative estimate of drug-likeness (QED) is 0.737. The zero-order valence-electron chi connectivity index (χ0n) is 9.18. The first-order valence-electron chi connectivity index (χ1n) is 5.31. The lowest BCUT2D eigenvalue weighted by molar-refractivity contribution is 0.0951. The van der Waals surface area contributed by atoms with E-state index in [1.807, 2.05) is 0 Å². The van der Waals surface area contributed by atoms with Crippen molar-refractivity contribution in [2.24, 2.45) is 0 Å². The summed E-state index contributed by atoms with van der Waals surface area (Å²) in [5, 5.41) is 12.2. The van der Waals surface area contributed by atoms with Crippen LogP contribution in [0.4, 0.5) is 0 Å². The first kappa shape index (κ1) is 11.2. The number of rotatable bonds is 4. The van der Waals surface area contributed by atoms with Gasteiger partial charge in [0.2, 0.25) is 0 Å². The highest BCUT2D eigenvalue weighted by Crippen LogP contribution is 2.14. The van der Waals surface area contributed by atoms with Crippen LogP contribution in [-0.2, 0) is 6.42 Å². The monoisotopic (exact) mass is 231 g/mol. The summed E-state index contributed by atoms with van der Waals surface area (Å²) in [5.41, 5.74) is 1.25. The van der Waals surface area contributed by atoms with Crippen LogP contribution in [0.25, 0.3) is 0 Å². The fraction of sp³-hybridized carbons (Fsp3) is 0.167. The lowest BCUT2D eigenvalue weighted by Crippen LogP contribution is -2.25. The number of nitrogens with zero attached hydrogens (tertiary/aromatic N) is 1. The predicted molar refractivity (Wildman–Crippen MR) is 62.7 cm³/mol. The van der Waals surface area contributed by atoms with Crippen LogP contribution in [0.2, 0.25) is 0 Å². The molecular weight excluding hydrogens is 218 g/mol. The van der Waals surface area contributed by atoms with Crippen molar-refractivity contribution in [3.05, 3.63) is 48.0 Å². The number of aromatic nitrogens is 2. The Morgan fingerprint density at radius 2 is 2.24 bits per heavy atom. The number of phenols is 1. The largest absolute Gasteiger partial charge is 0.507 e. The number of nitrogens with one attached hydrogen (secondary N) is 2. The van der Waals surface area contributed by atoms with Crippen LogP contribution in [-0.4, -0.2) is 27.5 Å². The van der Waals surface area contributed by atoms with Crippen molar-refractivity contribution >= 4 is 5.91 Å². The average molecular weight is 231 g/mol. The summed E-state index contributed by atoms with van der Waals surface area (Å²) in [6.07, 6.45) is 3.99. The molecule has 0 bridgehead atoms. The van der Waals surface area contributed by atoms with Crippen molar-refractivity contribution in [2.75, 3.05) is 6.54 Å². The molecule has 1 heterocycles. The van der Waals surface area contributed by atoms with Crippen molar-refractivity contribution in [1.29, 1.82) is 0 Å². The highest BCUT2D eigenvalue weighted by atomic mass is 16.3. The van der Waals surface area contributed by atoms with Crippen LogP contribution < -0.4 is 5.32 Å². The fourth-order valence-electron chi connectivity index (χ4n) is 1.49. The van der Waals surface area contributed by atoms with Gasteiger partial charge in [0.05, 0.1) is 11.9 Å². The number of benzene rings is 1. The average Bonchev–Trinajstić information content (AvgIpc) is 2.82. The van der Waals surface area contributed by atoms with E-state index in [-0.39, 0.29) is 17.2 Å². The topological polar surface area (TPSA) is 78.0 Å². The van der Waals surface area contributed by atoms with Crippen molar-refractivity contribution < 1.29 is 9.90 Å². The van der Waals surface area contributed by atoms with E-state index in [0.29, 0.717) is 13.0 Å². The number of hydrogen-bond acceptors (Lipinski definition) is 3. The number of imidazole rings is 1. The maximum atomic E-state index is 11.7. The Hall–Kier alpha value is -2.30. The molecule has 0 atom stereocenters. The Kier molecular flexibility index (Phi) is 3.40. The Balaban J connectivity index is 1.88. The van der Waals surface area contributed by atoms with Crippen molar-refractivity contribution in [3.8, 4) is 5.75 Å². The van der Waals surface area contributed by atoms with E-state index in [2.05, 4.69) is 15.3 Å². The highest BCUT2D eigenvalue weighted by molar-refractivity contribution is 5.96. The Bertz CT molecular complexity index is 494. The zero-order valence-corrected chi connectivity index (χ0v) is 9.18. The first-order valence-corrected chi connectivity index (χ1v) is 5.31. The molecule has 1 aromatic heterocycles. The number of para-hydroxylation sites is 1. The van der Waals surface area contributed by atoms with Gasteiger partial charge >= 0.3 is 0 Å². The first-order chi connectivity index (χ1) is 8.27. The number of H-pyrrole nitrogens is 1. The number of aromatic hydroxyl groups is 1. The van der Waals surface area contributed by atoms with E-state index in [9.17, 15) is 9.90 Å². The van der Waals surface area contributed by atoms with Gasteiger partial charge in [0.1, 0.15) is 5.75 Å². The third kappa shape index (κ3) is 2.84. The second-order valence-electron chi connectivity index (χ2n) is 3.60. The molecule has 3 N–H and O–H groups in total. The SMILES string of the molecule is O=C(NCCc1cnc[nH]1)c1ccccc1O. The summed E-state index contributed by atoms with van der Waals surface area (Å²) in [4.78, 5) is 18.5. The minimum Gasteiger partial charge on any atom is -0.507 e. The Morgan fingerprint density at radius 1 is 1.41 bits per heavy atom. The maximum absolute atomic E-state index is 11.7. The van der Waals surface area contributed by atoms with Gasteiger partial charge in [-0.25, -0.2) is 4.98 Å². The third-order valence-corrected chi connectivity index (χ3v) is 2.38. The molecule has 0 spiro atoms. The molecule has 17 heavy (non-hydrogen) atoms. The second-order valence-corrected chi connectivity index (χ2v) is 3.60. The molecule has 0 aliphatic carbocycles. The molecule has 0 fully saturated rings. The third-order valence-electron chi connectivity index (χ3n) is 2.38. The zero-order chi connectivity index (χ0) is 12.1. The van der Waals surface area contributed by atoms with Gasteiger partial charge in [0.25, 0.3) is 5.91 Å².